The van der Waals surface area contributed by atoms with Crippen LogP contribution >= 0.6 is 0 Å². The van der Waals surface area contributed by atoms with E-state index in [-0.39, 0.29) is 0 Å². The zero-order chi connectivity index (χ0) is 12.3. The van der Waals surface area contributed by atoms with Crippen molar-refractivity contribution in [1.82, 2.24) is 10.2 Å². The summed E-state index contributed by atoms with van der Waals surface area (Å²) in [5, 5.41) is 10.2. The fraction of sp³-hybridized carbons (Fsp3) is 0.357. The molecule has 0 amide bonds. The van der Waals surface area contributed by atoms with Gasteiger partial charge in [0.25, 0.3) is 0 Å². The fourth-order valence-corrected chi connectivity index (χ4v) is 1.82. The summed E-state index contributed by atoms with van der Waals surface area (Å²) in [6, 6.07) is 10.7. The lowest BCUT2D eigenvalue weighted by Crippen LogP contribution is -1.90. The number of rotatable bonds is 4. The summed E-state index contributed by atoms with van der Waals surface area (Å²) in [5.74, 6) is 1.49. The van der Waals surface area contributed by atoms with Crippen molar-refractivity contribution in [2.75, 3.05) is 12.4 Å². The summed E-state index contributed by atoms with van der Waals surface area (Å²) in [6.45, 7) is 4.47. The molecule has 0 aliphatic rings. The Kier molecular flexibility index (Phi) is 3.47. The average molecular weight is 229 g/mol. The number of nitrogens with one attached hydrogen (secondary N) is 2. The Morgan fingerprint density at radius 2 is 2.00 bits per heavy atom. The standard InChI is InChI=1S/C14H19N3/c1-4-10(2)11-5-7-12(8-6-11)13-9-14(15-3)17-16-13/h5-10H,4H2,1-3H3,(H2,15,16,17). The Bertz CT molecular complexity index is 470. The normalized spacial score (nSPS) is 12.4. The third kappa shape index (κ3) is 2.49. The maximum atomic E-state index is 4.15. The first-order valence-electron chi connectivity index (χ1n) is 6.08. The maximum absolute atomic E-state index is 4.15. The van der Waals surface area contributed by atoms with Gasteiger partial charge in [0.05, 0.1) is 5.69 Å². The molecule has 1 unspecified atom stereocenters. The molecule has 0 aliphatic carbocycles. The van der Waals surface area contributed by atoms with Crippen molar-refractivity contribution in [2.45, 2.75) is 26.2 Å². The Morgan fingerprint density at radius 1 is 1.29 bits per heavy atom. The minimum atomic E-state index is 0.624. The lowest BCUT2D eigenvalue weighted by Gasteiger charge is -2.08. The average Bonchev–Trinajstić information content (AvgIpc) is 2.87. The first-order valence-corrected chi connectivity index (χ1v) is 6.08. The van der Waals surface area contributed by atoms with Crippen LogP contribution < -0.4 is 5.32 Å². The highest BCUT2D eigenvalue weighted by atomic mass is 15.2. The van der Waals surface area contributed by atoms with Crippen LogP contribution in [-0.4, -0.2) is 17.2 Å². The molecule has 0 aliphatic heterocycles. The molecular weight excluding hydrogens is 210 g/mol. The van der Waals surface area contributed by atoms with Gasteiger partial charge in [-0.15, -0.1) is 0 Å². The Labute approximate surface area is 102 Å². The first kappa shape index (κ1) is 11.7. The fourth-order valence-electron chi connectivity index (χ4n) is 1.82. The zero-order valence-corrected chi connectivity index (χ0v) is 10.6. The van der Waals surface area contributed by atoms with Gasteiger partial charge in [-0.1, -0.05) is 38.1 Å². The summed E-state index contributed by atoms with van der Waals surface area (Å²) in [7, 11) is 1.87. The van der Waals surface area contributed by atoms with Gasteiger partial charge in [0.2, 0.25) is 0 Å². The van der Waals surface area contributed by atoms with Crippen LogP contribution in [0.5, 0.6) is 0 Å². The van der Waals surface area contributed by atoms with Crippen molar-refractivity contribution in [3.8, 4) is 11.3 Å². The van der Waals surface area contributed by atoms with E-state index >= 15 is 0 Å². The van der Waals surface area contributed by atoms with Crippen molar-refractivity contribution in [1.29, 1.82) is 0 Å². The molecule has 1 atom stereocenters. The van der Waals surface area contributed by atoms with Crippen LogP contribution in [0.2, 0.25) is 0 Å². The molecule has 2 N–H and O–H groups in total. The second-order valence-corrected chi connectivity index (χ2v) is 4.35. The van der Waals surface area contributed by atoms with Gasteiger partial charge < -0.3 is 5.32 Å². The minimum absolute atomic E-state index is 0.624. The van der Waals surface area contributed by atoms with E-state index in [1.165, 1.54) is 17.5 Å². The number of hydrogen-bond donors (Lipinski definition) is 2. The van der Waals surface area contributed by atoms with Crippen LogP contribution in [0.1, 0.15) is 31.7 Å². The topological polar surface area (TPSA) is 40.7 Å². The maximum Gasteiger partial charge on any atom is 0.148 e. The molecule has 2 aromatic rings. The van der Waals surface area contributed by atoms with Crippen molar-refractivity contribution in [3.63, 3.8) is 0 Å². The van der Waals surface area contributed by atoms with Gasteiger partial charge in [-0.05, 0) is 23.5 Å². The van der Waals surface area contributed by atoms with Crippen LogP contribution in [-0.2, 0) is 0 Å². The minimum Gasteiger partial charge on any atom is -0.372 e. The second-order valence-electron chi connectivity index (χ2n) is 4.35. The van der Waals surface area contributed by atoms with Crippen molar-refractivity contribution < 1.29 is 0 Å². The molecule has 0 bridgehead atoms. The highest BCUT2D eigenvalue weighted by Crippen LogP contribution is 2.24. The second kappa shape index (κ2) is 5.04. The molecule has 2 rings (SSSR count). The number of anilines is 1. The summed E-state index contributed by atoms with van der Waals surface area (Å²) < 4.78 is 0. The SMILES string of the molecule is CCC(C)c1ccc(-c2cc(NC)n[nH]2)cc1. The van der Waals surface area contributed by atoms with Crippen LogP contribution in [0.4, 0.5) is 5.82 Å². The molecule has 0 saturated carbocycles. The van der Waals surface area contributed by atoms with Crippen molar-refractivity contribution >= 4 is 5.82 Å². The molecule has 1 aromatic heterocycles. The quantitative estimate of drug-likeness (QED) is 0.840. The Balaban J connectivity index is 2.22. The van der Waals surface area contributed by atoms with Gasteiger partial charge in [-0.2, -0.15) is 5.10 Å². The lowest BCUT2D eigenvalue weighted by molar-refractivity contribution is 0.734. The largest absolute Gasteiger partial charge is 0.372 e. The third-order valence-electron chi connectivity index (χ3n) is 3.24. The molecule has 0 radical (unpaired) electrons. The van der Waals surface area contributed by atoms with E-state index in [2.05, 4.69) is 53.6 Å². The van der Waals surface area contributed by atoms with Crippen LogP contribution in [0.15, 0.2) is 30.3 Å². The number of benzene rings is 1. The molecule has 1 heterocycles. The monoisotopic (exact) mass is 229 g/mol. The predicted molar refractivity (Wildman–Crippen MR) is 72.3 cm³/mol. The number of aromatic nitrogens is 2. The van der Waals surface area contributed by atoms with Gasteiger partial charge in [-0.25, -0.2) is 0 Å². The van der Waals surface area contributed by atoms with Gasteiger partial charge in [0.15, 0.2) is 0 Å². The van der Waals surface area contributed by atoms with E-state index in [1.807, 2.05) is 13.1 Å². The highest BCUT2D eigenvalue weighted by Gasteiger charge is 2.05. The van der Waals surface area contributed by atoms with E-state index < -0.39 is 0 Å². The Morgan fingerprint density at radius 3 is 2.53 bits per heavy atom. The zero-order valence-electron chi connectivity index (χ0n) is 10.6. The van der Waals surface area contributed by atoms with E-state index in [4.69, 9.17) is 0 Å². The van der Waals surface area contributed by atoms with Crippen molar-refractivity contribution in [3.05, 3.63) is 35.9 Å². The third-order valence-corrected chi connectivity index (χ3v) is 3.24. The van der Waals surface area contributed by atoms with Crippen LogP contribution in [0.3, 0.4) is 0 Å². The summed E-state index contributed by atoms with van der Waals surface area (Å²) in [6.07, 6.45) is 1.17. The van der Waals surface area contributed by atoms with Crippen molar-refractivity contribution in [2.24, 2.45) is 0 Å². The Hall–Kier alpha value is -1.77. The number of nitrogens with zero attached hydrogens (tertiary/aromatic N) is 1. The summed E-state index contributed by atoms with van der Waals surface area (Å²) in [5.41, 5.74) is 3.61. The number of aromatic amines is 1. The molecule has 0 saturated heterocycles. The molecular formula is C14H19N3. The van der Waals surface area contributed by atoms with E-state index in [0.717, 1.165) is 11.5 Å². The number of hydrogen-bond acceptors (Lipinski definition) is 2. The molecule has 0 fully saturated rings. The molecule has 3 nitrogen and oxygen atoms in total. The molecule has 3 heteroatoms. The molecule has 0 spiro atoms. The molecule has 17 heavy (non-hydrogen) atoms. The predicted octanol–water partition coefficient (Wildman–Crippen LogP) is 3.63. The molecule has 1 aromatic carbocycles. The summed E-state index contributed by atoms with van der Waals surface area (Å²) >= 11 is 0. The van der Waals surface area contributed by atoms with Gasteiger partial charge in [0, 0.05) is 13.1 Å². The first-order chi connectivity index (χ1) is 8.24. The number of H-pyrrole nitrogens is 1. The summed E-state index contributed by atoms with van der Waals surface area (Å²) in [4.78, 5) is 0. The van der Waals surface area contributed by atoms with Crippen LogP contribution in [0, 0.1) is 0 Å². The highest BCUT2D eigenvalue weighted by molar-refractivity contribution is 5.62. The van der Waals surface area contributed by atoms with E-state index in [9.17, 15) is 0 Å². The smallest absolute Gasteiger partial charge is 0.148 e. The van der Waals surface area contributed by atoms with E-state index in [1.54, 1.807) is 0 Å². The van der Waals surface area contributed by atoms with Gasteiger partial charge in [-0.3, -0.25) is 5.10 Å². The molecule has 90 valence electrons. The lowest BCUT2D eigenvalue weighted by atomic mass is 9.97. The van der Waals surface area contributed by atoms with Gasteiger partial charge in [0.1, 0.15) is 5.82 Å². The van der Waals surface area contributed by atoms with E-state index in [0.29, 0.717) is 5.92 Å². The van der Waals surface area contributed by atoms with Crippen LogP contribution in [0.25, 0.3) is 11.3 Å². The van der Waals surface area contributed by atoms with Gasteiger partial charge >= 0.3 is 0 Å².